The molecule has 4 rings (SSSR count). The van der Waals surface area contributed by atoms with Crippen molar-refractivity contribution >= 4 is 10.9 Å². The molecule has 0 saturated carbocycles. The zero-order valence-corrected chi connectivity index (χ0v) is 16.6. The van der Waals surface area contributed by atoms with Crippen LogP contribution in [0.25, 0.3) is 10.9 Å². The smallest absolute Gasteiger partial charge is 0.257 e. The van der Waals surface area contributed by atoms with Gasteiger partial charge in [0, 0.05) is 12.1 Å². The molecule has 9 heteroatoms. The third-order valence-corrected chi connectivity index (χ3v) is 5.40. The summed E-state index contributed by atoms with van der Waals surface area (Å²) in [6, 6.07) is 7.90. The lowest BCUT2D eigenvalue weighted by atomic mass is 10.1. The number of aromatic amines is 1. The SMILES string of the molecule is Cc1ccc2[nH]c(=O)c(C[NH+](CCO)Cc3nnnn3C[C@@H]3CCCO3)cc2c1. The van der Waals surface area contributed by atoms with Crippen molar-refractivity contribution in [1.29, 1.82) is 0 Å². The summed E-state index contributed by atoms with van der Waals surface area (Å²) in [4.78, 5) is 16.5. The third kappa shape index (κ3) is 4.69. The first-order chi connectivity index (χ1) is 14.1. The highest BCUT2D eigenvalue weighted by molar-refractivity contribution is 5.79. The molecular weight excluding hydrogens is 372 g/mol. The fraction of sp³-hybridized carbons (Fsp3) is 0.500. The number of benzene rings is 1. The van der Waals surface area contributed by atoms with Crippen LogP contribution in [0.5, 0.6) is 0 Å². The normalized spacial score (nSPS) is 17.8. The Labute approximate surface area is 168 Å². The van der Waals surface area contributed by atoms with Gasteiger partial charge in [0.15, 0.2) is 0 Å². The second kappa shape index (κ2) is 8.81. The summed E-state index contributed by atoms with van der Waals surface area (Å²) >= 11 is 0. The number of nitrogens with one attached hydrogen (secondary N) is 2. The molecule has 0 spiro atoms. The molecule has 1 fully saturated rings. The van der Waals surface area contributed by atoms with E-state index >= 15 is 0 Å². The highest BCUT2D eigenvalue weighted by Gasteiger charge is 2.22. The Kier molecular flexibility index (Phi) is 5.98. The van der Waals surface area contributed by atoms with Crippen molar-refractivity contribution in [1.82, 2.24) is 25.2 Å². The van der Waals surface area contributed by atoms with Crippen molar-refractivity contribution in [3.05, 3.63) is 51.6 Å². The second-order valence-electron chi connectivity index (χ2n) is 7.70. The van der Waals surface area contributed by atoms with E-state index in [-0.39, 0.29) is 18.3 Å². The van der Waals surface area contributed by atoms with Crippen molar-refractivity contribution in [2.24, 2.45) is 0 Å². The predicted octanol–water partition coefficient (Wildman–Crippen LogP) is -0.421. The molecule has 3 aromatic rings. The fourth-order valence-corrected chi connectivity index (χ4v) is 3.87. The predicted molar refractivity (Wildman–Crippen MR) is 106 cm³/mol. The van der Waals surface area contributed by atoms with Gasteiger partial charge in [-0.15, -0.1) is 5.10 Å². The van der Waals surface area contributed by atoms with Gasteiger partial charge in [-0.1, -0.05) is 11.6 Å². The standard InChI is InChI=1S/C20H26N6O3/c1-14-4-5-18-15(9-14)10-16(20(28)21-18)11-25(6-7-27)13-19-22-23-24-26(19)12-17-3-2-8-29-17/h4-5,9-10,17,27H,2-3,6-8,11-13H2,1H3,(H,21,28)/p+1/t17-/m0/s1. The molecule has 2 aromatic heterocycles. The molecule has 0 radical (unpaired) electrons. The van der Waals surface area contributed by atoms with Crippen LogP contribution in [0.1, 0.15) is 29.8 Å². The van der Waals surface area contributed by atoms with E-state index in [1.807, 2.05) is 25.1 Å². The van der Waals surface area contributed by atoms with Crippen LogP contribution in [-0.4, -0.2) is 56.2 Å². The molecule has 0 aliphatic carbocycles. The number of nitrogens with zero attached hydrogens (tertiary/aromatic N) is 4. The number of ether oxygens (including phenoxy) is 1. The maximum absolute atomic E-state index is 12.6. The number of tetrazole rings is 1. The molecule has 1 unspecified atom stereocenters. The van der Waals surface area contributed by atoms with Gasteiger partial charge in [-0.05, 0) is 53.8 Å². The van der Waals surface area contributed by atoms with Crippen molar-refractivity contribution in [2.75, 3.05) is 19.8 Å². The topological polar surface area (TPSA) is 110 Å². The van der Waals surface area contributed by atoms with Crippen LogP contribution in [0.4, 0.5) is 0 Å². The number of pyridine rings is 1. The maximum Gasteiger partial charge on any atom is 0.257 e. The summed E-state index contributed by atoms with van der Waals surface area (Å²) in [6.07, 6.45) is 2.22. The largest absolute Gasteiger partial charge is 0.391 e. The third-order valence-electron chi connectivity index (χ3n) is 5.40. The minimum absolute atomic E-state index is 0.0211. The van der Waals surface area contributed by atoms with Crippen LogP contribution in [0.15, 0.2) is 29.1 Å². The lowest BCUT2D eigenvalue weighted by Gasteiger charge is -2.18. The Balaban J connectivity index is 1.53. The molecule has 0 bridgehead atoms. The number of aliphatic hydroxyl groups is 1. The van der Waals surface area contributed by atoms with Crippen LogP contribution in [-0.2, 0) is 24.4 Å². The Hall–Kier alpha value is -2.62. The van der Waals surface area contributed by atoms with E-state index in [2.05, 4.69) is 26.6 Å². The first-order valence-electron chi connectivity index (χ1n) is 10.1. The van der Waals surface area contributed by atoms with E-state index in [1.165, 1.54) is 0 Å². The number of hydrogen-bond donors (Lipinski definition) is 3. The monoisotopic (exact) mass is 399 g/mol. The minimum Gasteiger partial charge on any atom is -0.391 e. The Morgan fingerprint density at radius 1 is 1.34 bits per heavy atom. The molecule has 3 heterocycles. The van der Waals surface area contributed by atoms with Crippen molar-refractivity contribution in [2.45, 2.75) is 45.5 Å². The van der Waals surface area contributed by atoms with E-state index in [4.69, 9.17) is 4.74 Å². The van der Waals surface area contributed by atoms with Gasteiger partial charge in [0.25, 0.3) is 5.56 Å². The van der Waals surface area contributed by atoms with Gasteiger partial charge in [-0.2, -0.15) is 0 Å². The number of hydrogen-bond acceptors (Lipinski definition) is 6. The summed E-state index contributed by atoms with van der Waals surface area (Å²) in [7, 11) is 0. The average Bonchev–Trinajstić information content (AvgIpc) is 3.36. The molecule has 29 heavy (non-hydrogen) atoms. The lowest BCUT2D eigenvalue weighted by molar-refractivity contribution is -0.928. The molecule has 2 atom stereocenters. The average molecular weight is 399 g/mol. The maximum atomic E-state index is 12.6. The quantitative estimate of drug-likeness (QED) is 0.475. The zero-order chi connectivity index (χ0) is 20.2. The van der Waals surface area contributed by atoms with Gasteiger partial charge in [-0.25, -0.2) is 4.68 Å². The first kappa shape index (κ1) is 19.7. The summed E-state index contributed by atoms with van der Waals surface area (Å²) in [6.45, 7) is 4.96. The van der Waals surface area contributed by atoms with Crippen LogP contribution in [0.2, 0.25) is 0 Å². The van der Waals surface area contributed by atoms with Gasteiger partial charge >= 0.3 is 0 Å². The molecule has 1 aliphatic rings. The van der Waals surface area contributed by atoms with E-state index in [0.717, 1.165) is 46.6 Å². The van der Waals surface area contributed by atoms with Crippen molar-refractivity contribution in [3.63, 3.8) is 0 Å². The Morgan fingerprint density at radius 2 is 2.24 bits per heavy atom. The molecule has 3 N–H and O–H groups in total. The molecule has 1 aliphatic heterocycles. The summed E-state index contributed by atoms with van der Waals surface area (Å²) in [5.74, 6) is 0.733. The summed E-state index contributed by atoms with van der Waals surface area (Å²) in [5, 5.41) is 22.6. The fourth-order valence-electron chi connectivity index (χ4n) is 3.87. The number of fused-ring (bicyclic) bond motifs is 1. The second-order valence-corrected chi connectivity index (χ2v) is 7.70. The van der Waals surface area contributed by atoms with E-state index in [9.17, 15) is 9.90 Å². The van der Waals surface area contributed by atoms with Gasteiger partial charge in [0.05, 0.1) is 24.8 Å². The molecule has 9 nitrogen and oxygen atoms in total. The van der Waals surface area contributed by atoms with Crippen LogP contribution in [0, 0.1) is 6.92 Å². The number of quaternary nitrogens is 1. The summed E-state index contributed by atoms with van der Waals surface area (Å²) in [5.41, 5.74) is 2.55. The van der Waals surface area contributed by atoms with Gasteiger partial charge < -0.3 is 19.7 Å². The van der Waals surface area contributed by atoms with E-state index in [1.54, 1.807) is 4.68 Å². The minimum atomic E-state index is -0.101. The van der Waals surface area contributed by atoms with Crippen LogP contribution in [0.3, 0.4) is 0 Å². The molecule has 0 amide bonds. The van der Waals surface area contributed by atoms with Crippen molar-refractivity contribution in [3.8, 4) is 0 Å². The summed E-state index contributed by atoms with van der Waals surface area (Å²) < 4.78 is 7.47. The molecule has 154 valence electrons. The molecular formula is C20H27N6O3+. The Morgan fingerprint density at radius 3 is 3.03 bits per heavy atom. The number of aryl methyl sites for hydroxylation is 1. The molecule has 1 aromatic carbocycles. The van der Waals surface area contributed by atoms with Crippen molar-refractivity contribution < 1.29 is 14.7 Å². The van der Waals surface area contributed by atoms with Gasteiger partial charge in [0.2, 0.25) is 5.82 Å². The first-order valence-corrected chi connectivity index (χ1v) is 10.1. The molecule has 1 saturated heterocycles. The highest BCUT2D eigenvalue weighted by atomic mass is 16.5. The van der Waals surface area contributed by atoms with E-state index < -0.39 is 0 Å². The number of H-pyrrole nitrogens is 1. The number of aromatic nitrogens is 5. The van der Waals surface area contributed by atoms with E-state index in [0.29, 0.717) is 31.7 Å². The van der Waals surface area contributed by atoms with Crippen LogP contribution < -0.4 is 10.5 Å². The number of rotatable bonds is 8. The number of aliphatic hydroxyl groups excluding tert-OH is 1. The van der Waals surface area contributed by atoms with Crippen LogP contribution >= 0.6 is 0 Å². The zero-order valence-electron chi connectivity index (χ0n) is 16.6. The van der Waals surface area contributed by atoms with Gasteiger partial charge in [-0.3, -0.25) is 4.79 Å². The lowest BCUT2D eigenvalue weighted by Crippen LogP contribution is -3.10. The van der Waals surface area contributed by atoms with Gasteiger partial charge in [0.1, 0.15) is 19.6 Å². The highest BCUT2D eigenvalue weighted by Crippen LogP contribution is 2.14. The Bertz CT molecular complexity index is 1020.